The molecule has 2 saturated carbocycles. The van der Waals surface area contributed by atoms with Crippen LogP contribution < -0.4 is 4.74 Å². The molecule has 2 unspecified atom stereocenters. The van der Waals surface area contributed by atoms with E-state index in [4.69, 9.17) is 4.74 Å². The van der Waals surface area contributed by atoms with Gasteiger partial charge in [0.15, 0.2) is 0 Å². The maximum atomic E-state index is 12.7. The summed E-state index contributed by atoms with van der Waals surface area (Å²) >= 11 is 7.82. The van der Waals surface area contributed by atoms with Gasteiger partial charge in [0.1, 0.15) is 5.75 Å². The van der Waals surface area contributed by atoms with Crippen LogP contribution in [0.4, 0.5) is 0 Å². The molecule has 0 aromatic heterocycles. The number of thioether (sulfide) groups is 2. The summed E-state index contributed by atoms with van der Waals surface area (Å²) in [5.74, 6) is 4.62. The second-order valence-corrected chi connectivity index (χ2v) is 10.6. The Labute approximate surface area is 154 Å². The smallest absolute Gasteiger partial charge is 0.314 e. The minimum Gasteiger partial charge on any atom is -0.425 e. The number of hydrogen-bond acceptors (Lipinski definition) is 4. The van der Waals surface area contributed by atoms with Gasteiger partial charge in [-0.2, -0.15) is 0 Å². The van der Waals surface area contributed by atoms with Gasteiger partial charge in [0.05, 0.1) is 14.5 Å². The number of benzene rings is 1. The van der Waals surface area contributed by atoms with E-state index in [0.29, 0.717) is 21.7 Å². The van der Waals surface area contributed by atoms with E-state index >= 15 is 0 Å². The maximum Gasteiger partial charge on any atom is 0.314 e. The van der Waals surface area contributed by atoms with Crippen LogP contribution in [0.1, 0.15) is 32.1 Å². The Morgan fingerprint density at radius 1 is 1.13 bits per heavy atom. The number of carbonyl (C=O) groups is 1. The average Bonchev–Trinajstić information content (AvgIpc) is 2.99. The third kappa shape index (κ3) is 2.98. The molecule has 1 heterocycles. The lowest BCUT2D eigenvalue weighted by Gasteiger charge is -2.51. The molecule has 4 rings (SSSR count). The van der Waals surface area contributed by atoms with E-state index in [1.807, 2.05) is 24.3 Å². The Hall–Kier alpha value is -0.130. The van der Waals surface area contributed by atoms with Gasteiger partial charge in [-0.1, -0.05) is 18.6 Å². The molecule has 2 nitrogen and oxygen atoms in total. The monoisotopic (exact) mass is 412 g/mol. The third-order valence-electron chi connectivity index (χ3n) is 5.50. The van der Waals surface area contributed by atoms with Crippen LogP contribution in [-0.2, 0) is 4.79 Å². The first-order valence-electron chi connectivity index (χ1n) is 8.43. The van der Waals surface area contributed by atoms with Crippen molar-refractivity contribution in [3.63, 3.8) is 0 Å². The van der Waals surface area contributed by atoms with Crippen molar-refractivity contribution in [2.75, 3.05) is 11.5 Å². The van der Waals surface area contributed by atoms with Crippen molar-refractivity contribution < 1.29 is 9.53 Å². The first kappa shape index (κ1) is 16.3. The third-order valence-corrected chi connectivity index (χ3v) is 10.2. The molecule has 1 aliphatic heterocycles. The van der Waals surface area contributed by atoms with Crippen LogP contribution >= 0.6 is 39.5 Å². The first-order valence-corrected chi connectivity index (χ1v) is 11.2. The van der Waals surface area contributed by atoms with Crippen LogP contribution in [0, 0.1) is 17.8 Å². The van der Waals surface area contributed by atoms with Crippen molar-refractivity contribution in [3.05, 3.63) is 28.7 Å². The highest BCUT2D eigenvalue weighted by atomic mass is 79.9. The highest BCUT2D eigenvalue weighted by molar-refractivity contribution is 9.10. The SMILES string of the molecule is O=C(Oc1ccccc1Br)C1CC2CCCC(C1)C21SCCS1. The molecule has 3 aliphatic rings. The highest BCUT2D eigenvalue weighted by Gasteiger charge is 2.55. The number of esters is 1. The van der Waals surface area contributed by atoms with E-state index < -0.39 is 0 Å². The Morgan fingerprint density at radius 2 is 1.78 bits per heavy atom. The molecule has 0 radical (unpaired) electrons. The summed E-state index contributed by atoms with van der Waals surface area (Å²) in [5.41, 5.74) is 0. The summed E-state index contributed by atoms with van der Waals surface area (Å²) in [7, 11) is 0. The minimum absolute atomic E-state index is 0.0309. The molecule has 3 fully saturated rings. The number of hydrogen-bond donors (Lipinski definition) is 0. The zero-order chi connectivity index (χ0) is 15.9. The van der Waals surface area contributed by atoms with Gasteiger partial charge in [-0.05, 0) is 65.6 Å². The molecule has 1 spiro atoms. The molecule has 2 bridgehead atoms. The van der Waals surface area contributed by atoms with E-state index in [9.17, 15) is 4.79 Å². The summed E-state index contributed by atoms with van der Waals surface area (Å²) in [4.78, 5) is 12.7. The topological polar surface area (TPSA) is 26.3 Å². The molecule has 23 heavy (non-hydrogen) atoms. The lowest BCUT2D eigenvalue weighted by molar-refractivity contribution is -0.141. The van der Waals surface area contributed by atoms with Crippen LogP contribution in [0.3, 0.4) is 0 Å². The zero-order valence-electron chi connectivity index (χ0n) is 13.0. The summed E-state index contributed by atoms with van der Waals surface area (Å²) in [5, 5.41) is 0. The van der Waals surface area contributed by atoms with Crippen LogP contribution in [-0.4, -0.2) is 21.6 Å². The average molecular weight is 413 g/mol. The lowest BCUT2D eigenvalue weighted by Crippen LogP contribution is -2.48. The van der Waals surface area contributed by atoms with E-state index in [1.54, 1.807) is 0 Å². The Bertz CT molecular complexity index is 584. The second-order valence-electron chi connectivity index (χ2n) is 6.76. The number of ether oxygens (including phenoxy) is 1. The quantitative estimate of drug-likeness (QED) is 0.482. The van der Waals surface area contributed by atoms with Gasteiger partial charge in [0, 0.05) is 11.5 Å². The Balaban J connectivity index is 1.49. The molecule has 0 amide bonds. The standard InChI is InChI=1S/C18H21BrO2S2/c19-15-6-1-2-7-16(15)21-17(20)12-10-13-4-3-5-14(11-12)18(13)22-8-9-23-18/h1-2,6-7,12-14H,3-5,8-11H2. The lowest BCUT2D eigenvalue weighted by atomic mass is 9.67. The van der Waals surface area contributed by atoms with Crippen molar-refractivity contribution in [1.29, 1.82) is 0 Å². The molecule has 1 aromatic rings. The van der Waals surface area contributed by atoms with E-state index in [2.05, 4.69) is 39.5 Å². The van der Waals surface area contributed by atoms with Gasteiger partial charge in [-0.15, -0.1) is 23.5 Å². The number of para-hydroxylation sites is 1. The van der Waals surface area contributed by atoms with Gasteiger partial charge < -0.3 is 4.74 Å². The van der Waals surface area contributed by atoms with Crippen LogP contribution in [0.5, 0.6) is 5.75 Å². The van der Waals surface area contributed by atoms with Gasteiger partial charge in [-0.3, -0.25) is 4.79 Å². The van der Waals surface area contributed by atoms with E-state index in [-0.39, 0.29) is 11.9 Å². The molecule has 1 aromatic carbocycles. The predicted molar refractivity (Wildman–Crippen MR) is 101 cm³/mol. The van der Waals surface area contributed by atoms with Crippen molar-refractivity contribution in [2.45, 2.75) is 36.2 Å². The fourth-order valence-corrected chi connectivity index (χ4v) is 8.82. The molecular weight excluding hydrogens is 392 g/mol. The molecule has 2 aliphatic carbocycles. The van der Waals surface area contributed by atoms with Crippen LogP contribution in [0.2, 0.25) is 0 Å². The predicted octanol–water partition coefficient (Wildman–Crippen LogP) is 5.36. The van der Waals surface area contributed by atoms with E-state index in [0.717, 1.165) is 17.3 Å². The van der Waals surface area contributed by atoms with Gasteiger partial charge in [0.2, 0.25) is 0 Å². The molecule has 1 saturated heterocycles. The molecule has 5 heteroatoms. The molecular formula is C18H21BrO2S2. The van der Waals surface area contributed by atoms with Gasteiger partial charge in [0.25, 0.3) is 0 Å². The first-order chi connectivity index (χ1) is 11.2. The van der Waals surface area contributed by atoms with Crippen LogP contribution in [0.25, 0.3) is 0 Å². The molecule has 2 atom stereocenters. The zero-order valence-corrected chi connectivity index (χ0v) is 16.2. The van der Waals surface area contributed by atoms with Gasteiger partial charge in [-0.25, -0.2) is 0 Å². The van der Waals surface area contributed by atoms with Crippen molar-refractivity contribution >= 4 is 45.4 Å². The van der Waals surface area contributed by atoms with Crippen molar-refractivity contribution in [2.24, 2.45) is 17.8 Å². The number of carbonyl (C=O) groups excluding carboxylic acids is 1. The summed E-state index contributed by atoms with van der Waals surface area (Å²) in [6, 6.07) is 7.61. The fraction of sp³-hybridized carbons (Fsp3) is 0.611. The van der Waals surface area contributed by atoms with Crippen molar-refractivity contribution in [1.82, 2.24) is 0 Å². The maximum absolute atomic E-state index is 12.7. The normalized spacial score (nSPS) is 32.0. The number of halogens is 1. The Kier molecular flexibility index (Phi) is 4.72. The number of rotatable bonds is 2. The molecule has 0 N–H and O–H groups in total. The molecule has 124 valence electrons. The second kappa shape index (κ2) is 6.64. The van der Waals surface area contributed by atoms with Crippen LogP contribution in [0.15, 0.2) is 28.7 Å². The Morgan fingerprint density at radius 3 is 2.43 bits per heavy atom. The summed E-state index contributed by atoms with van der Waals surface area (Å²) < 4.78 is 6.97. The minimum atomic E-state index is -0.0309. The summed E-state index contributed by atoms with van der Waals surface area (Å²) in [6.07, 6.45) is 5.94. The fourth-order valence-electron chi connectivity index (χ4n) is 4.52. The van der Waals surface area contributed by atoms with Gasteiger partial charge >= 0.3 is 5.97 Å². The largest absolute Gasteiger partial charge is 0.425 e. The van der Waals surface area contributed by atoms with Crippen molar-refractivity contribution in [3.8, 4) is 5.75 Å². The summed E-state index contributed by atoms with van der Waals surface area (Å²) in [6.45, 7) is 0. The highest BCUT2D eigenvalue weighted by Crippen LogP contribution is 2.64. The van der Waals surface area contributed by atoms with E-state index in [1.165, 1.54) is 30.8 Å².